The highest BCUT2D eigenvalue weighted by Gasteiger charge is 2.37. The SMILES string of the molecule is CC1(C)c2ccccc2-c2cc3c(cc21)Oc1cccc(-c2ccc(-c4nc(-c5ccccc5)nc(-c5ccc(-c6cccc7c6oc6ccccc67)cc5)n4)cc2)c1O3. The summed E-state index contributed by atoms with van der Waals surface area (Å²) in [4.78, 5) is 15.0. The van der Waals surface area contributed by atoms with Crippen LogP contribution in [0.15, 0.2) is 180 Å². The maximum atomic E-state index is 6.72. The van der Waals surface area contributed by atoms with Crippen molar-refractivity contribution in [3.63, 3.8) is 0 Å². The van der Waals surface area contributed by atoms with E-state index in [1.807, 2.05) is 60.7 Å². The Morgan fingerprint density at radius 3 is 1.68 bits per heavy atom. The molecule has 3 heterocycles. The van der Waals surface area contributed by atoms with Crippen molar-refractivity contribution < 1.29 is 13.9 Å². The standard InChI is InChI=1S/C54H35N3O3/c1-54(2)43-19-8-6-14-39(43)42-30-47-48(31-44(42)54)58-46-21-11-17-38(50(46)60-47)33-24-28-36(29-25-33)53-56-51(34-12-4-3-5-13-34)55-52(57-53)35-26-22-32(23-27-35)37-16-10-18-41-40-15-7-9-20-45(40)59-49(37)41/h3-31H,1-2H3. The van der Waals surface area contributed by atoms with Gasteiger partial charge in [0.2, 0.25) is 0 Å². The van der Waals surface area contributed by atoms with E-state index in [9.17, 15) is 0 Å². The van der Waals surface area contributed by atoms with Crippen molar-refractivity contribution in [3.05, 3.63) is 187 Å². The van der Waals surface area contributed by atoms with Gasteiger partial charge < -0.3 is 13.9 Å². The number of ether oxygens (including phenoxy) is 2. The zero-order valence-electron chi connectivity index (χ0n) is 32.8. The molecule has 6 heteroatoms. The van der Waals surface area contributed by atoms with E-state index >= 15 is 0 Å². The average molecular weight is 774 g/mol. The van der Waals surface area contributed by atoms with Crippen molar-refractivity contribution in [1.82, 2.24) is 15.0 Å². The van der Waals surface area contributed by atoms with Crippen LogP contribution in [0.5, 0.6) is 23.0 Å². The number of aromatic nitrogens is 3. The van der Waals surface area contributed by atoms with Crippen LogP contribution in [0.25, 0.3) is 89.5 Å². The highest BCUT2D eigenvalue weighted by Crippen LogP contribution is 2.56. The Kier molecular flexibility index (Phi) is 7.47. The molecule has 2 aromatic heterocycles. The number of furan rings is 1. The van der Waals surface area contributed by atoms with Crippen LogP contribution in [0, 0.1) is 0 Å². The fraction of sp³-hybridized carbons (Fsp3) is 0.0556. The first-order valence-electron chi connectivity index (χ1n) is 20.2. The number of nitrogens with zero attached hydrogens (tertiary/aromatic N) is 3. The summed E-state index contributed by atoms with van der Waals surface area (Å²) in [5.74, 6) is 4.60. The number of fused-ring (bicyclic) bond motifs is 8. The number of hydrogen-bond donors (Lipinski definition) is 0. The predicted molar refractivity (Wildman–Crippen MR) is 238 cm³/mol. The lowest BCUT2D eigenvalue weighted by Crippen LogP contribution is -2.15. The molecule has 0 atom stereocenters. The maximum absolute atomic E-state index is 6.72. The van der Waals surface area contributed by atoms with Gasteiger partial charge in [0.05, 0.1) is 0 Å². The van der Waals surface area contributed by atoms with Crippen LogP contribution in [0.3, 0.4) is 0 Å². The highest BCUT2D eigenvalue weighted by atomic mass is 16.6. The first-order valence-corrected chi connectivity index (χ1v) is 20.2. The number of para-hydroxylation sites is 3. The molecule has 10 aromatic rings. The molecular formula is C54H35N3O3. The largest absolute Gasteiger partial charge is 0.455 e. The molecule has 0 radical (unpaired) electrons. The lowest BCUT2D eigenvalue weighted by Gasteiger charge is -2.26. The molecule has 0 spiro atoms. The molecule has 1 aliphatic carbocycles. The number of benzene rings is 8. The molecule has 0 unspecified atom stereocenters. The Morgan fingerprint density at radius 2 is 0.933 bits per heavy atom. The third-order valence-corrected chi connectivity index (χ3v) is 12.0. The Balaban J connectivity index is 0.885. The summed E-state index contributed by atoms with van der Waals surface area (Å²) < 4.78 is 19.6. The summed E-state index contributed by atoms with van der Waals surface area (Å²) >= 11 is 0. The second-order valence-electron chi connectivity index (χ2n) is 16.0. The van der Waals surface area contributed by atoms with Crippen molar-refractivity contribution in [2.24, 2.45) is 0 Å². The van der Waals surface area contributed by atoms with E-state index in [1.54, 1.807) is 0 Å². The molecule has 0 bridgehead atoms. The van der Waals surface area contributed by atoms with Crippen molar-refractivity contribution in [2.75, 3.05) is 0 Å². The minimum atomic E-state index is -0.132. The molecule has 0 saturated heterocycles. The highest BCUT2D eigenvalue weighted by molar-refractivity contribution is 6.09. The molecule has 2 aliphatic rings. The maximum Gasteiger partial charge on any atom is 0.177 e. The summed E-state index contributed by atoms with van der Waals surface area (Å²) in [7, 11) is 0. The molecule has 6 nitrogen and oxygen atoms in total. The van der Waals surface area contributed by atoms with Crippen LogP contribution in [0.2, 0.25) is 0 Å². The van der Waals surface area contributed by atoms with Crippen molar-refractivity contribution >= 4 is 21.9 Å². The molecule has 0 N–H and O–H groups in total. The summed E-state index contributed by atoms with van der Waals surface area (Å²) in [5.41, 5.74) is 13.3. The fourth-order valence-corrected chi connectivity index (χ4v) is 8.95. The van der Waals surface area contributed by atoms with E-state index < -0.39 is 0 Å². The topological polar surface area (TPSA) is 70.3 Å². The van der Waals surface area contributed by atoms with Gasteiger partial charge in [-0.15, -0.1) is 0 Å². The van der Waals surface area contributed by atoms with E-state index in [1.165, 1.54) is 22.3 Å². The Bertz CT molecular complexity index is 3330. The van der Waals surface area contributed by atoms with E-state index in [4.69, 9.17) is 28.8 Å². The van der Waals surface area contributed by atoms with Gasteiger partial charge in [-0.1, -0.05) is 166 Å². The summed E-state index contributed by atoms with van der Waals surface area (Å²) in [5, 5.41) is 2.21. The Hall–Kier alpha value is -7.83. The third-order valence-electron chi connectivity index (χ3n) is 12.0. The average Bonchev–Trinajstić information content (AvgIpc) is 3.79. The predicted octanol–water partition coefficient (Wildman–Crippen LogP) is 14.3. The van der Waals surface area contributed by atoms with Gasteiger partial charge in [-0.3, -0.25) is 0 Å². The molecule has 8 aromatic carbocycles. The summed E-state index contributed by atoms with van der Waals surface area (Å²) in [6, 6.07) is 60.1. The fourth-order valence-electron chi connectivity index (χ4n) is 8.95. The molecule has 12 rings (SSSR count). The van der Waals surface area contributed by atoms with Gasteiger partial charge in [-0.25, -0.2) is 15.0 Å². The second kappa shape index (κ2) is 13.1. The number of rotatable bonds is 5. The zero-order chi connectivity index (χ0) is 40.0. The van der Waals surface area contributed by atoms with Gasteiger partial charge in [-0.2, -0.15) is 0 Å². The van der Waals surface area contributed by atoms with E-state index in [-0.39, 0.29) is 5.41 Å². The first-order chi connectivity index (χ1) is 29.5. The van der Waals surface area contributed by atoms with Gasteiger partial charge in [0.1, 0.15) is 11.2 Å². The lowest BCUT2D eigenvalue weighted by molar-refractivity contribution is 0.360. The minimum absolute atomic E-state index is 0.132. The normalized spacial score (nSPS) is 13.2. The van der Waals surface area contributed by atoms with Gasteiger partial charge in [0.25, 0.3) is 0 Å². The zero-order valence-corrected chi connectivity index (χ0v) is 32.8. The van der Waals surface area contributed by atoms with Gasteiger partial charge in [0, 0.05) is 44.0 Å². The van der Waals surface area contributed by atoms with Crippen LogP contribution < -0.4 is 9.47 Å². The molecule has 60 heavy (non-hydrogen) atoms. The van der Waals surface area contributed by atoms with E-state index in [0.717, 1.165) is 66.6 Å². The smallest absolute Gasteiger partial charge is 0.177 e. The molecule has 1 aliphatic heterocycles. The first kappa shape index (κ1) is 34.2. The van der Waals surface area contributed by atoms with Crippen LogP contribution in [-0.2, 0) is 5.41 Å². The molecular weight excluding hydrogens is 739 g/mol. The van der Waals surface area contributed by atoms with Gasteiger partial charge >= 0.3 is 0 Å². The van der Waals surface area contributed by atoms with Crippen molar-refractivity contribution in [1.29, 1.82) is 0 Å². The third kappa shape index (κ3) is 5.38. The second-order valence-corrected chi connectivity index (χ2v) is 16.0. The lowest BCUT2D eigenvalue weighted by atomic mass is 9.82. The molecule has 0 saturated carbocycles. The van der Waals surface area contributed by atoms with Crippen LogP contribution in [0.1, 0.15) is 25.0 Å². The quantitative estimate of drug-likeness (QED) is 0.173. The Labute approximate surface area is 346 Å². The van der Waals surface area contributed by atoms with Crippen LogP contribution >= 0.6 is 0 Å². The molecule has 0 amide bonds. The minimum Gasteiger partial charge on any atom is -0.455 e. The summed E-state index contributed by atoms with van der Waals surface area (Å²) in [6.45, 7) is 4.54. The monoisotopic (exact) mass is 773 g/mol. The molecule has 0 fully saturated rings. The van der Waals surface area contributed by atoms with E-state index in [2.05, 4.69) is 129 Å². The number of hydrogen-bond acceptors (Lipinski definition) is 6. The van der Waals surface area contributed by atoms with Crippen LogP contribution in [0.4, 0.5) is 0 Å². The Morgan fingerprint density at radius 1 is 0.383 bits per heavy atom. The van der Waals surface area contributed by atoms with Gasteiger partial charge in [0.15, 0.2) is 40.5 Å². The molecule has 284 valence electrons. The van der Waals surface area contributed by atoms with Crippen molar-refractivity contribution in [3.8, 4) is 90.5 Å². The van der Waals surface area contributed by atoms with E-state index in [0.29, 0.717) is 34.7 Å². The van der Waals surface area contributed by atoms with Crippen LogP contribution in [-0.4, -0.2) is 15.0 Å². The summed E-state index contributed by atoms with van der Waals surface area (Å²) in [6.07, 6.45) is 0. The van der Waals surface area contributed by atoms with Crippen molar-refractivity contribution in [2.45, 2.75) is 19.3 Å². The van der Waals surface area contributed by atoms with Gasteiger partial charge in [-0.05, 0) is 57.6 Å².